The van der Waals surface area contributed by atoms with Crippen LogP contribution in [0.5, 0.6) is 0 Å². The standard InChI is InChI=1S/C24H23N3O3.Na/c28-23(19-13-18(15-25-16-19)17-7-3-1-4-8-17)26-22-14-20(9-10-21(22)24(29)30)27-11-5-2-6-12-27;/h1,3-4,7-10,13-16H,2,5-6,11-12H2,(H,26,28)(H,29,30);/q;+1/p-1. The largest absolute Gasteiger partial charge is 1.00 e. The minimum absolute atomic E-state index is 0. The van der Waals surface area contributed by atoms with Crippen molar-refractivity contribution in [2.24, 2.45) is 0 Å². The van der Waals surface area contributed by atoms with Crippen molar-refractivity contribution < 1.29 is 44.3 Å². The molecule has 7 heteroatoms. The van der Waals surface area contributed by atoms with Crippen molar-refractivity contribution in [3.63, 3.8) is 0 Å². The summed E-state index contributed by atoms with van der Waals surface area (Å²) in [4.78, 5) is 30.8. The molecule has 2 aromatic carbocycles. The van der Waals surface area contributed by atoms with Gasteiger partial charge in [0.05, 0.1) is 17.2 Å². The van der Waals surface area contributed by atoms with Gasteiger partial charge in [0.15, 0.2) is 0 Å². The summed E-state index contributed by atoms with van der Waals surface area (Å²) in [6.45, 7) is 1.84. The fourth-order valence-corrected chi connectivity index (χ4v) is 3.71. The molecule has 2 heterocycles. The summed E-state index contributed by atoms with van der Waals surface area (Å²) in [5, 5.41) is 14.3. The van der Waals surface area contributed by atoms with Gasteiger partial charge >= 0.3 is 29.6 Å². The maximum Gasteiger partial charge on any atom is 1.00 e. The predicted octanol–water partition coefficient (Wildman–Crippen LogP) is 0.359. The molecule has 152 valence electrons. The van der Waals surface area contributed by atoms with Gasteiger partial charge in [0, 0.05) is 42.3 Å². The molecule has 4 rings (SSSR count). The Hall–Kier alpha value is -2.67. The van der Waals surface area contributed by atoms with E-state index in [-0.39, 0.29) is 40.8 Å². The SMILES string of the molecule is O=C(Nc1cc(N2CCCCC2)ccc1C(=O)[O-])c1cncc(-c2ccccc2)c1.[Na+]. The molecule has 0 unspecified atom stereocenters. The smallest absolute Gasteiger partial charge is 0.545 e. The van der Waals surface area contributed by atoms with Crippen molar-refractivity contribution in [1.29, 1.82) is 0 Å². The Morgan fingerprint density at radius 1 is 0.903 bits per heavy atom. The van der Waals surface area contributed by atoms with Crippen LogP contribution < -0.4 is 44.9 Å². The van der Waals surface area contributed by atoms with Crippen LogP contribution in [-0.2, 0) is 0 Å². The van der Waals surface area contributed by atoms with E-state index in [0.29, 0.717) is 5.56 Å². The molecular weight excluding hydrogens is 401 g/mol. The summed E-state index contributed by atoms with van der Waals surface area (Å²) in [6, 6.07) is 16.3. The Morgan fingerprint density at radius 3 is 2.35 bits per heavy atom. The molecule has 1 N–H and O–H groups in total. The quantitative estimate of drug-likeness (QED) is 0.599. The first-order chi connectivity index (χ1) is 14.6. The number of benzene rings is 2. The van der Waals surface area contributed by atoms with Crippen LogP contribution in [0.4, 0.5) is 11.4 Å². The number of hydrogen-bond acceptors (Lipinski definition) is 5. The number of nitrogens with one attached hydrogen (secondary N) is 1. The number of carbonyl (C=O) groups is 2. The molecule has 6 nitrogen and oxygen atoms in total. The van der Waals surface area contributed by atoms with E-state index in [4.69, 9.17) is 0 Å². The first-order valence-corrected chi connectivity index (χ1v) is 10.0. The Labute approximate surface area is 203 Å². The second-order valence-electron chi connectivity index (χ2n) is 7.35. The number of carboxylic acid groups (broad SMARTS) is 1. The molecular formula is C24H22N3NaO3. The molecule has 0 radical (unpaired) electrons. The monoisotopic (exact) mass is 423 g/mol. The topological polar surface area (TPSA) is 85.4 Å². The van der Waals surface area contributed by atoms with Crippen LogP contribution >= 0.6 is 0 Å². The predicted molar refractivity (Wildman–Crippen MR) is 114 cm³/mol. The average molecular weight is 423 g/mol. The van der Waals surface area contributed by atoms with Gasteiger partial charge in [-0.2, -0.15) is 0 Å². The van der Waals surface area contributed by atoms with Gasteiger partial charge in [-0.05, 0) is 49.1 Å². The second-order valence-corrected chi connectivity index (χ2v) is 7.35. The van der Waals surface area contributed by atoms with Crippen molar-refractivity contribution in [2.75, 3.05) is 23.3 Å². The summed E-state index contributed by atoms with van der Waals surface area (Å²) < 4.78 is 0. The molecule has 0 spiro atoms. The molecule has 3 aromatic rings. The van der Waals surface area contributed by atoms with E-state index in [0.717, 1.165) is 42.7 Å². The van der Waals surface area contributed by atoms with Gasteiger partial charge in [0.2, 0.25) is 0 Å². The van der Waals surface area contributed by atoms with Gasteiger partial charge in [-0.1, -0.05) is 30.3 Å². The van der Waals surface area contributed by atoms with E-state index >= 15 is 0 Å². The molecule has 1 aliphatic rings. The van der Waals surface area contributed by atoms with Crippen molar-refractivity contribution in [2.45, 2.75) is 19.3 Å². The van der Waals surface area contributed by atoms with Gasteiger partial charge in [-0.25, -0.2) is 0 Å². The number of rotatable bonds is 5. The average Bonchev–Trinajstić information content (AvgIpc) is 2.80. The fourth-order valence-electron chi connectivity index (χ4n) is 3.71. The van der Waals surface area contributed by atoms with E-state index in [1.165, 1.54) is 18.7 Å². The van der Waals surface area contributed by atoms with Gasteiger partial charge < -0.3 is 20.1 Å². The van der Waals surface area contributed by atoms with Crippen molar-refractivity contribution in [3.8, 4) is 11.1 Å². The molecule has 0 aliphatic carbocycles. The summed E-state index contributed by atoms with van der Waals surface area (Å²) in [5.41, 5.74) is 3.19. The number of amides is 1. The number of aromatic nitrogens is 1. The Kier molecular flexibility index (Phi) is 7.85. The first-order valence-electron chi connectivity index (χ1n) is 10.0. The minimum Gasteiger partial charge on any atom is -0.545 e. The number of nitrogens with zero attached hydrogens (tertiary/aromatic N) is 2. The summed E-state index contributed by atoms with van der Waals surface area (Å²) >= 11 is 0. The summed E-state index contributed by atoms with van der Waals surface area (Å²) in [7, 11) is 0. The summed E-state index contributed by atoms with van der Waals surface area (Å²) in [6.07, 6.45) is 6.55. The van der Waals surface area contributed by atoms with E-state index in [9.17, 15) is 14.7 Å². The Morgan fingerprint density at radius 2 is 1.65 bits per heavy atom. The molecule has 0 atom stereocenters. The zero-order chi connectivity index (χ0) is 20.9. The zero-order valence-corrected chi connectivity index (χ0v) is 19.5. The molecule has 1 aliphatic heterocycles. The third-order valence-electron chi connectivity index (χ3n) is 5.30. The molecule has 0 bridgehead atoms. The number of aromatic carboxylic acids is 1. The number of carbonyl (C=O) groups excluding carboxylic acids is 2. The van der Waals surface area contributed by atoms with Crippen LogP contribution in [0.25, 0.3) is 11.1 Å². The third-order valence-corrected chi connectivity index (χ3v) is 5.30. The molecule has 1 amide bonds. The van der Waals surface area contributed by atoms with Crippen LogP contribution in [0.2, 0.25) is 0 Å². The first kappa shape index (κ1) is 23.0. The van der Waals surface area contributed by atoms with E-state index in [1.807, 2.05) is 30.3 Å². The van der Waals surface area contributed by atoms with Crippen LogP contribution in [0, 0.1) is 0 Å². The number of anilines is 2. The fraction of sp³-hybridized carbons (Fsp3) is 0.208. The van der Waals surface area contributed by atoms with Gasteiger partial charge in [-0.15, -0.1) is 0 Å². The summed E-state index contributed by atoms with van der Waals surface area (Å²) in [5.74, 6) is -1.75. The minimum atomic E-state index is -1.33. The second kappa shape index (κ2) is 10.6. The molecule has 1 aromatic heterocycles. The maximum absolute atomic E-state index is 12.9. The number of pyridine rings is 1. The van der Waals surface area contributed by atoms with Crippen molar-refractivity contribution in [1.82, 2.24) is 4.98 Å². The van der Waals surface area contributed by atoms with E-state index in [2.05, 4.69) is 15.2 Å². The molecule has 31 heavy (non-hydrogen) atoms. The Bertz CT molecular complexity index is 1070. The van der Waals surface area contributed by atoms with Crippen LogP contribution in [0.15, 0.2) is 67.0 Å². The number of carboxylic acids is 1. The maximum atomic E-state index is 12.9. The van der Waals surface area contributed by atoms with E-state index in [1.54, 1.807) is 24.4 Å². The zero-order valence-electron chi connectivity index (χ0n) is 17.5. The molecule has 0 saturated carbocycles. The third kappa shape index (κ3) is 5.53. The van der Waals surface area contributed by atoms with Gasteiger partial charge in [0.1, 0.15) is 0 Å². The van der Waals surface area contributed by atoms with Crippen LogP contribution in [0.1, 0.15) is 40.0 Å². The molecule has 1 fully saturated rings. The van der Waals surface area contributed by atoms with Crippen molar-refractivity contribution in [3.05, 3.63) is 78.1 Å². The van der Waals surface area contributed by atoms with Gasteiger partial charge in [0.25, 0.3) is 5.91 Å². The van der Waals surface area contributed by atoms with Crippen LogP contribution in [0.3, 0.4) is 0 Å². The normalized spacial score (nSPS) is 13.2. The van der Waals surface area contributed by atoms with Gasteiger partial charge in [-0.3, -0.25) is 9.78 Å². The number of piperidine rings is 1. The van der Waals surface area contributed by atoms with Crippen molar-refractivity contribution >= 4 is 23.3 Å². The number of hydrogen-bond donors (Lipinski definition) is 1. The van der Waals surface area contributed by atoms with E-state index < -0.39 is 11.9 Å². The molecule has 1 saturated heterocycles. The Balaban J connectivity index is 0.00000272. The van der Waals surface area contributed by atoms with Crippen LogP contribution in [-0.4, -0.2) is 29.9 Å².